The van der Waals surface area contributed by atoms with E-state index in [1.807, 2.05) is 6.08 Å². The highest BCUT2D eigenvalue weighted by Gasteiger charge is 2.30. The predicted molar refractivity (Wildman–Crippen MR) is 64.9 cm³/mol. The van der Waals surface area contributed by atoms with E-state index in [0.29, 0.717) is 13.0 Å². The molecule has 0 aromatic heterocycles. The van der Waals surface area contributed by atoms with Crippen LogP contribution in [-0.2, 0) is 17.3 Å². The topological polar surface area (TPSA) is 47.3 Å². The Hall–Kier alpha value is -1.53. The maximum absolute atomic E-state index is 12.4. The van der Waals surface area contributed by atoms with Gasteiger partial charge in [-0.2, -0.15) is 13.2 Å². The van der Waals surface area contributed by atoms with Gasteiger partial charge in [-0.1, -0.05) is 12.1 Å². The third-order valence-electron chi connectivity index (χ3n) is 3.00. The van der Waals surface area contributed by atoms with E-state index in [9.17, 15) is 13.2 Å². The molecule has 0 radical (unpaired) electrons. The summed E-state index contributed by atoms with van der Waals surface area (Å²) in [5, 5.41) is 0. The molecule has 1 aromatic rings. The van der Waals surface area contributed by atoms with Crippen molar-refractivity contribution in [1.82, 2.24) is 5.43 Å². The Morgan fingerprint density at radius 1 is 1.26 bits per heavy atom. The number of halogens is 3. The molecule has 19 heavy (non-hydrogen) atoms. The van der Waals surface area contributed by atoms with Crippen molar-refractivity contribution >= 4 is 0 Å². The molecule has 0 bridgehead atoms. The molecular formula is C13H15F3N2O. The molecule has 0 aliphatic carbocycles. The summed E-state index contributed by atoms with van der Waals surface area (Å²) in [5.74, 6) is 6.20. The normalized spacial score (nSPS) is 16.9. The van der Waals surface area contributed by atoms with E-state index in [2.05, 4.69) is 5.43 Å². The molecule has 2 rings (SSSR count). The second kappa shape index (κ2) is 5.63. The molecule has 104 valence electrons. The first-order valence-corrected chi connectivity index (χ1v) is 5.96. The van der Waals surface area contributed by atoms with Gasteiger partial charge in [-0.3, -0.25) is 5.84 Å². The van der Waals surface area contributed by atoms with Gasteiger partial charge in [0.1, 0.15) is 5.76 Å². The van der Waals surface area contributed by atoms with Gasteiger partial charge < -0.3 is 4.74 Å². The first-order valence-electron chi connectivity index (χ1n) is 5.96. The molecule has 1 aromatic carbocycles. The maximum atomic E-state index is 12.4. The van der Waals surface area contributed by atoms with Gasteiger partial charge in [-0.15, -0.1) is 0 Å². The van der Waals surface area contributed by atoms with Gasteiger partial charge in [0.15, 0.2) is 0 Å². The minimum atomic E-state index is -4.30. The zero-order valence-corrected chi connectivity index (χ0v) is 10.2. The molecule has 1 unspecified atom stereocenters. The number of rotatable bonds is 4. The first kappa shape index (κ1) is 13.9. The molecule has 0 saturated heterocycles. The largest absolute Gasteiger partial charge is 0.496 e. The van der Waals surface area contributed by atoms with E-state index < -0.39 is 11.7 Å². The van der Waals surface area contributed by atoms with Crippen LogP contribution in [0.3, 0.4) is 0 Å². The number of nitrogens with two attached hydrogens (primary N) is 1. The summed E-state index contributed by atoms with van der Waals surface area (Å²) in [4.78, 5) is 0. The molecular weight excluding hydrogens is 257 g/mol. The van der Waals surface area contributed by atoms with Crippen molar-refractivity contribution in [3.05, 3.63) is 47.2 Å². The number of nitrogens with one attached hydrogen (secondary N) is 1. The lowest BCUT2D eigenvalue weighted by molar-refractivity contribution is -0.137. The molecule has 0 amide bonds. The van der Waals surface area contributed by atoms with Crippen molar-refractivity contribution in [2.75, 3.05) is 6.61 Å². The number of ether oxygens (including phenoxy) is 1. The van der Waals surface area contributed by atoms with E-state index >= 15 is 0 Å². The summed E-state index contributed by atoms with van der Waals surface area (Å²) >= 11 is 0. The molecule has 6 heteroatoms. The van der Waals surface area contributed by atoms with Gasteiger partial charge >= 0.3 is 6.18 Å². The summed E-state index contributed by atoms with van der Waals surface area (Å²) in [6, 6.07) is 4.87. The number of benzene rings is 1. The zero-order valence-electron chi connectivity index (χ0n) is 10.2. The minimum Gasteiger partial charge on any atom is -0.496 e. The standard InChI is InChI=1S/C13H15F3N2O/c14-13(15,16)10-5-3-9(4-6-10)8-11(18-17)12-2-1-7-19-12/h2-6,11,18H,1,7-8,17H2. The third kappa shape index (κ3) is 3.48. The van der Waals surface area contributed by atoms with Crippen LogP contribution >= 0.6 is 0 Å². The lowest BCUT2D eigenvalue weighted by Gasteiger charge is -2.17. The Balaban J connectivity index is 2.06. The predicted octanol–water partition coefficient (Wildman–Crippen LogP) is 2.38. The van der Waals surface area contributed by atoms with Crippen molar-refractivity contribution < 1.29 is 17.9 Å². The van der Waals surface area contributed by atoms with E-state index in [1.54, 1.807) is 0 Å². The SMILES string of the molecule is NNC(Cc1ccc(C(F)(F)F)cc1)C1=CCCO1. The zero-order chi connectivity index (χ0) is 13.9. The minimum absolute atomic E-state index is 0.209. The number of hydrogen-bond donors (Lipinski definition) is 2. The smallest absolute Gasteiger partial charge is 0.416 e. The summed E-state index contributed by atoms with van der Waals surface area (Å²) < 4.78 is 42.7. The molecule has 1 heterocycles. The third-order valence-corrected chi connectivity index (χ3v) is 3.00. The van der Waals surface area contributed by atoms with Crippen molar-refractivity contribution in [2.45, 2.75) is 25.1 Å². The summed E-state index contributed by atoms with van der Waals surface area (Å²) in [6.07, 6.45) is -1.04. The molecule has 1 aliphatic rings. The highest BCUT2D eigenvalue weighted by atomic mass is 19.4. The molecule has 0 spiro atoms. The fourth-order valence-electron chi connectivity index (χ4n) is 1.99. The summed E-state index contributed by atoms with van der Waals surface area (Å²) in [6.45, 7) is 0.626. The van der Waals surface area contributed by atoms with Crippen LogP contribution in [0.1, 0.15) is 17.5 Å². The van der Waals surface area contributed by atoms with Gasteiger partial charge in [0.25, 0.3) is 0 Å². The van der Waals surface area contributed by atoms with E-state index in [1.165, 1.54) is 12.1 Å². The van der Waals surface area contributed by atoms with Crippen LogP contribution in [0.2, 0.25) is 0 Å². The van der Waals surface area contributed by atoms with E-state index in [0.717, 1.165) is 29.9 Å². The van der Waals surface area contributed by atoms with Crippen molar-refractivity contribution in [3.63, 3.8) is 0 Å². The van der Waals surface area contributed by atoms with Crippen LogP contribution in [0.15, 0.2) is 36.1 Å². The van der Waals surface area contributed by atoms with E-state index in [-0.39, 0.29) is 6.04 Å². The van der Waals surface area contributed by atoms with Gasteiger partial charge in [0, 0.05) is 6.42 Å². The van der Waals surface area contributed by atoms with Crippen molar-refractivity contribution in [2.24, 2.45) is 5.84 Å². The molecule has 0 fully saturated rings. The fourth-order valence-corrected chi connectivity index (χ4v) is 1.99. The maximum Gasteiger partial charge on any atom is 0.416 e. The number of hydrazine groups is 1. The lowest BCUT2D eigenvalue weighted by Crippen LogP contribution is -2.38. The highest BCUT2D eigenvalue weighted by Crippen LogP contribution is 2.29. The Morgan fingerprint density at radius 3 is 2.42 bits per heavy atom. The summed E-state index contributed by atoms with van der Waals surface area (Å²) in [5.41, 5.74) is 2.74. The van der Waals surface area contributed by atoms with Gasteiger partial charge in [0.05, 0.1) is 18.2 Å². The molecule has 0 saturated carbocycles. The quantitative estimate of drug-likeness (QED) is 0.653. The van der Waals surface area contributed by atoms with Crippen LogP contribution in [0.5, 0.6) is 0 Å². The average molecular weight is 272 g/mol. The van der Waals surface area contributed by atoms with Crippen molar-refractivity contribution in [3.8, 4) is 0 Å². The lowest BCUT2D eigenvalue weighted by atomic mass is 10.0. The van der Waals surface area contributed by atoms with Crippen LogP contribution < -0.4 is 11.3 Å². The van der Waals surface area contributed by atoms with Crippen LogP contribution in [0, 0.1) is 0 Å². The summed E-state index contributed by atoms with van der Waals surface area (Å²) in [7, 11) is 0. The van der Waals surface area contributed by atoms with Gasteiger partial charge in [-0.05, 0) is 30.2 Å². The highest BCUT2D eigenvalue weighted by molar-refractivity contribution is 5.26. The van der Waals surface area contributed by atoms with Crippen LogP contribution in [0.25, 0.3) is 0 Å². The average Bonchev–Trinajstić information content (AvgIpc) is 2.89. The number of hydrogen-bond acceptors (Lipinski definition) is 3. The monoisotopic (exact) mass is 272 g/mol. The van der Waals surface area contributed by atoms with Crippen molar-refractivity contribution in [1.29, 1.82) is 0 Å². The second-order valence-electron chi connectivity index (χ2n) is 4.36. The van der Waals surface area contributed by atoms with Gasteiger partial charge in [-0.25, -0.2) is 5.43 Å². The Morgan fingerprint density at radius 2 is 1.95 bits per heavy atom. The van der Waals surface area contributed by atoms with Crippen LogP contribution in [0.4, 0.5) is 13.2 Å². The Labute approximate surface area is 109 Å². The Bertz CT molecular complexity index is 454. The van der Waals surface area contributed by atoms with Gasteiger partial charge in [0.2, 0.25) is 0 Å². The number of alkyl halides is 3. The molecule has 1 atom stereocenters. The Kier molecular flexibility index (Phi) is 4.11. The van der Waals surface area contributed by atoms with E-state index in [4.69, 9.17) is 10.6 Å². The second-order valence-corrected chi connectivity index (χ2v) is 4.36. The molecule has 3 nitrogen and oxygen atoms in total. The van der Waals surface area contributed by atoms with Crippen LogP contribution in [-0.4, -0.2) is 12.6 Å². The fraction of sp³-hybridized carbons (Fsp3) is 0.385. The first-order chi connectivity index (χ1) is 9.00. The molecule has 3 N–H and O–H groups in total. The molecule has 1 aliphatic heterocycles.